The van der Waals surface area contributed by atoms with E-state index in [-0.39, 0.29) is 0 Å². The van der Waals surface area contributed by atoms with Crippen molar-refractivity contribution in [3.8, 4) is 11.1 Å². The van der Waals surface area contributed by atoms with Gasteiger partial charge in [-0.25, -0.2) is 0 Å². The quantitative estimate of drug-likeness (QED) is 0.0624. The molecule has 18 nitrogen and oxygen atoms in total. The Labute approximate surface area is 359 Å². The van der Waals surface area contributed by atoms with E-state index in [1.165, 1.54) is 0 Å². The van der Waals surface area contributed by atoms with Crippen LogP contribution in [0, 0.1) is 3.57 Å². The highest BCUT2D eigenvalue weighted by Crippen LogP contribution is 2.33. The molecule has 0 spiro atoms. The van der Waals surface area contributed by atoms with Gasteiger partial charge in [0, 0.05) is 67.2 Å². The smallest absolute Gasteiger partial charge is 0.0454 e. The first-order valence-corrected chi connectivity index (χ1v) is 18.7. The van der Waals surface area contributed by atoms with E-state index >= 15 is 0 Å². The van der Waals surface area contributed by atoms with Gasteiger partial charge in [-0.1, -0.05) is 188 Å². The lowest BCUT2D eigenvalue weighted by Gasteiger charge is -2.03. The van der Waals surface area contributed by atoms with Crippen LogP contribution in [0.5, 0.6) is 0 Å². The molecule has 292 valence electrons. The minimum absolute atomic E-state index is 0.523. The van der Waals surface area contributed by atoms with E-state index < -0.39 is 0 Å². The SMILES string of the molecule is [N-]=[N+]=Nc1ccc(-c2ccc(N=[N+]=[N-])cc2)cc1.[N-]=[N+]=Nc1cccc2c(I)cccc12.[N-]=[N+]=Nc1cccc2c(N=[N+]=[N-])cccc12.[N-]=[N+]=Nc1cccc2ccccc12. The fourth-order valence-electron chi connectivity index (χ4n) is 5.83. The first kappa shape index (κ1) is 43.3. The van der Waals surface area contributed by atoms with E-state index in [9.17, 15) is 0 Å². The van der Waals surface area contributed by atoms with Crippen LogP contribution in [0.3, 0.4) is 0 Å². The molecule has 0 aliphatic heterocycles. The number of azide groups is 6. The summed E-state index contributed by atoms with van der Waals surface area (Å²) in [5.74, 6) is 0. The number of fused-ring (bicyclic) bond motifs is 3. The molecule has 0 bridgehead atoms. The van der Waals surface area contributed by atoms with Gasteiger partial charge in [-0.05, 0) is 105 Å². The summed E-state index contributed by atoms with van der Waals surface area (Å²) in [6.07, 6.45) is 0. The maximum atomic E-state index is 8.43. The van der Waals surface area contributed by atoms with E-state index in [0.717, 1.165) is 47.0 Å². The van der Waals surface area contributed by atoms with Gasteiger partial charge in [-0.3, -0.25) is 0 Å². The number of halogens is 1. The van der Waals surface area contributed by atoms with Gasteiger partial charge in [0.2, 0.25) is 0 Å². The maximum Gasteiger partial charge on any atom is 0.0454 e. The van der Waals surface area contributed by atoms with Crippen LogP contribution in [-0.2, 0) is 0 Å². The van der Waals surface area contributed by atoms with Gasteiger partial charge in [0.25, 0.3) is 0 Å². The van der Waals surface area contributed by atoms with Crippen molar-refractivity contribution in [2.45, 2.75) is 0 Å². The molecular formula is C42H27IN18. The number of hydrogen-bond donors (Lipinski definition) is 0. The molecule has 0 fully saturated rings. The molecule has 0 aliphatic carbocycles. The lowest BCUT2D eigenvalue weighted by Crippen LogP contribution is -1.76. The molecule has 0 N–H and O–H groups in total. The lowest BCUT2D eigenvalue weighted by atomic mass is 10.1. The third-order valence-electron chi connectivity index (χ3n) is 8.49. The molecule has 8 aromatic rings. The fourth-order valence-corrected chi connectivity index (χ4v) is 6.50. The highest BCUT2D eigenvalue weighted by molar-refractivity contribution is 14.1. The molecule has 0 heterocycles. The normalized spacial score (nSPS) is 9.39. The monoisotopic (exact) mass is 910 g/mol. The van der Waals surface area contributed by atoms with E-state index in [4.69, 9.17) is 33.2 Å². The number of nitrogens with zero attached hydrogens (tertiary/aromatic N) is 18. The van der Waals surface area contributed by atoms with Gasteiger partial charge in [0.15, 0.2) is 0 Å². The van der Waals surface area contributed by atoms with Crippen LogP contribution in [0.25, 0.3) is 106 Å². The Kier molecular flexibility index (Phi) is 16.1. The van der Waals surface area contributed by atoms with Crippen LogP contribution in [0.4, 0.5) is 34.1 Å². The van der Waals surface area contributed by atoms with Crippen molar-refractivity contribution in [2.24, 2.45) is 30.7 Å². The predicted molar refractivity (Wildman–Crippen MR) is 249 cm³/mol. The van der Waals surface area contributed by atoms with Gasteiger partial charge < -0.3 is 0 Å². The molecule has 61 heavy (non-hydrogen) atoms. The first-order chi connectivity index (χ1) is 29.9. The Morgan fingerprint density at radius 1 is 0.295 bits per heavy atom. The molecule has 19 heteroatoms. The van der Waals surface area contributed by atoms with Gasteiger partial charge in [-0.2, -0.15) is 0 Å². The lowest BCUT2D eigenvalue weighted by molar-refractivity contribution is 1.46. The van der Waals surface area contributed by atoms with Crippen LogP contribution in [-0.4, -0.2) is 0 Å². The van der Waals surface area contributed by atoms with Crippen molar-refractivity contribution in [3.05, 3.63) is 230 Å². The zero-order valence-corrected chi connectivity index (χ0v) is 33.7. The van der Waals surface area contributed by atoms with E-state index in [2.05, 4.69) is 82.7 Å². The Morgan fingerprint density at radius 3 is 1.03 bits per heavy atom. The summed E-state index contributed by atoms with van der Waals surface area (Å²) in [6.45, 7) is 0. The third kappa shape index (κ3) is 11.8. The van der Waals surface area contributed by atoms with Crippen LogP contribution in [0.2, 0.25) is 0 Å². The minimum Gasteiger partial charge on any atom is -0.0616 e. The minimum atomic E-state index is 0.523. The van der Waals surface area contributed by atoms with Gasteiger partial charge in [-0.15, -0.1) is 0 Å². The standard InChI is InChI=1S/C12H8N6.C10H6IN3.C10H6N6.C10H7N3/c13-17-15-11-5-1-9(2-6-11)10-3-7-12(8-4-10)16-18-14;11-9-5-1-4-8-7(9)3-2-6-10(8)13-14-12;11-15-13-9-5-1-3-7-8(9)4-2-6-10(7)14-16-12;11-13-12-10-7-3-5-8-4-1-2-6-9(8)10/h1-8H;1-6H;1-6H;1-7H. The van der Waals surface area contributed by atoms with E-state index in [0.29, 0.717) is 34.1 Å². The van der Waals surface area contributed by atoms with E-state index in [1.807, 2.05) is 115 Å². The van der Waals surface area contributed by atoms with Crippen molar-refractivity contribution in [1.29, 1.82) is 0 Å². The second kappa shape index (κ2) is 22.8. The summed E-state index contributed by atoms with van der Waals surface area (Å²) >= 11 is 2.27. The second-order valence-corrected chi connectivity index (χ2v) is 13.2. The van der Waals surface area contributed by atoms with Crippen molar-refractivity contribution < 1.29 is 0 Å². The summed E-state index contributed by atoms with van der Waals surface area (Å²) in [4.78, 5) is 16.5. The molecule has 0 unspecified atom stereocenters. The van der Waals surface area contributed by atoms with Crippen LogP contribution < -0.4 is 0 Å². The van der Waals surface area contributed by atoms with Crippen molar-refractivity contribution in [3.63, 3.8) is 0 Å². The van der Waals surface area contributed by atoms with Gasteiger partial charge in [0.1, 0.15) is 0 Å². The maximum absolute atomic E-state index is 8.43. The van der Waals surface area contributed by atoms with Crippen molar-refractivity contribution in [2.75, 3.05) is 0 Å². The van der Waals surface area contributed by atoms with Crippen molar-refractivity contribution in [1.82, 2.24) is 0 Å². The highest BCUT2D eigenvalue weighted by atomic mass is 127. The topological polar surface area (TPSA) is 293 Å². The zero-order chi connectivity index (χ0) is 43.2. The molecule has 0 atom stereocenters. The zero-order valence-electron chi connectivity index (χ0n) is 31.5. The van der Waals surface area contributed by atoms with Crippen LogP contribution in [0.15, 0.2) is 194 Å². The average Bonchev–Trinajstić information content (AvgIpc) is 3.29. The van der Waals surface area contributed by atoms with E-state index in [1.54, 1.807) is 48.5 Å². The molecule has 0 aromatic heterocycles. The summed E-state index contributed by atoms with van der Waals surface area (Å²) in [7, 11) is 0. The summed E-state index contributed by atoms with van der Waals surface area (Å²) in [5, 5.41) is 27.2. The average molecular weight is 911 g/mol. The van der Waals surface area contributed by atoms with Gasteiger partial charge >= 0.3 is 0 Å². The number of rotatable bonds is 7. The largest absolute Gasteiger partial charge is 0.0616 e. The predicted octanol–water partition coefficient (Wildman–Crippen LogP) is 18.1. The first-order valence-electron chi connectivity index (χ1n) is 17.6. The molecule has 0 amide bonds. The molecule has 0 saturated heterocycles. The molecular weight excluding hydrogens is 883 g/mol. The Balaban J connectivity index is 0.000000155. The van der Waals surface area contributed by atoms with Crippen LogP contribution >= 0.6 is 22.6 Å². The fraction of sp³-hybridized carbons (Fsp3) is 0. The summed E-state index contributed by atoms with van der Waals surface area (Å²) in [5.41, 5.74) is 55.8. The number of hydrogen-bond acceptors (Lipinski definition) is 6. The number of benzene rings is 8. The van der Waals surface area contributed by atoms with Crippen molar-refractivity contribution >= 4 is 89.0 Å². The molecule has 0 saturated carbocycles. The van der Waals surface area contributed by atoms with Crippen LogP contribution in [0.1, 0.15) is 0 Å². The second-order valence-electron chi connectivity index (χ2n) is 12.0. The van der Waals surface area contributed by atoms with Gasteiger partial charge in [0.05, 0.1) is 0 Å². The molecule has 8 rings (SSSR count). The molecule has 0 aliphatic rings. The molecule has 8 aromatic carbocycles. The Bertz CT molecular complexity index is 3010. The highest BCUT2D eigenvalue weighted by Gasteiger charge is 2.03. The summed E-state index contributed by atoms with van der Waals surface area (Å²) < 4.78 is 1.16. The Morgan fingerprint density at radius 2 is 0.607 bits per heavy atom. The molecule has 0 radical (unpaired) electrons. The Hall–Kier alpha value is -8.87. The summed E-state index contributed by atoms with van der Waals surface area (Å²) in [6, 6.07) is 50.2. The third-order valence-corrected chi connectivity index (χ3v) is 9.43.